The maximum Gasteiger partial charge on any atom is 0.310 e. The first-order chi connectivity index (χ1) is 9.83. The molecule has 2 rings (SSSR count). The molecule has 1 aromatic rings. The Kier molecular flexibility index (Phi) is 4.31. The van der Waals surface area contributed by atoms with Crippen molar-refractivity contribution in [3.8, 4) is 0 Å². The molecule has 1 aliphatic carbocycles. The van der Waals surface area contributed by atoms with E-state index in [1.807, 2.05) is 58.0 Å². The molecule has 112 valence electrons. The number of ether oxygens (including phenoxy) is 1. The van der Waals surface area contributed by atoms with Crippen LogP contribution in [-0.4, -0.2) is 17.9 Å². The topological polar surface area (TPSA) is 43.4 Å². The second-order valence-corrected chi connectivity index (χ2v) is 6.53. The van der Waals surface area contributed by atoms with Gasteiger partial charge in [0.1, 0.15) is 11.9 Å². The van der Waals surface area contributed by atoms with Crippen molar-refractivity contribution >= 4 is 17.8 Å². The molecule has 3 heteroatoms. The highest BCUT2D eigenvalue weighted by Gasteiger charge is 2.33. The van der Waals surface area contributed by atoms with Crippen LogP contribution in [0.3, 0.4) is 0 Å². The van der Waals surface area contributed by atoms with E-state index in [0.717, 1.165) is 17.4 Å². The fourth-order valence-electron chi connectivity index (χ4n) is 2.73. The minimum absolute atomic E-state index is 0.0183. The van der Waals surface area contributed by atoms with Crippen LogP contribution in [0.25, 0.3) is 5.57 Å². The van der Waals surface area contributed by atoms with Crippen molar-refractivity contribution in [2.75, 3.05) is 0 Å². The molecule has 1 aliphatic rings. The molecular weight excluding hydrogens is 264 g/mol. The van der Waals surface area contributed by atoms with Gasteiger partial charge in [-0.3, -0.25) is 9.59 Å². The van der Waals surface area contributed by atoms with E-state index in [4.69, 9.17) is 4.74 Å². The lowest BCUT2D eigenvalue weighted by Gasteiger charge is -2.26. The van der Waals surface area contributed by atoms with Crippen LogP contribution < -0.4 is 0 Å². The first-order valence-corrected chi connectivity index (χ1v) is 7.31. The van der Waals surface area contributed by atoms with E-state index in [-0.39, 0.29) is 17.8 Å². The molecule has 2 atom stereocenters. The smallest absolute Gasteiger partial charge is 0.310 e. The molecule has 0 aliphatic heterocycles. The summed E-state index contributed by atoms with van der Waals surface area (Å²) in [6.45, 7) is 7.63. The van der Waals surface area contributed by atoms with E-state index < -0.39 is 5.60 Å². The Morgan fingerprint density at radius 3 is 2.57 bits per heavy atom. The lowest BCUT2D eigenvalue weighted by molar-refractivity contribution is -0.160. The van der Waals surface area contributed by atoms with Crippen LogP contribution in [0.2, 0.25) is 0 Å². The summed E-state index contributed by atoms with van der Waals surface area (Å²) in [5, 5.41) is 0. The molecule has 0 spiro atoms. The van der Waals surface area contributed by atoms with Gasteiger partial charge in [-0.2, -0.15) is 0 Å². The number of allylic oxidation sites excluding steroid dienone is 2. The SMILES string of the molecule is CC1c2ccccc2C(C=O)=CCC1C(=O)OC(C)(C)C. The van der Waals surface area contributed by atoms with Gasteiger partial charge in [-0.25, -0.2) is 0 Å². The van der Waals surface area contributed by atoms with Crippen molar-refractivity contribution in [1.82, 2.24) is 0 Å². The number of carbonyl (C=O) groups excluding carboxylic acids is 2. The number of hydrogen-bond acceptors (Lipinski definition) is 3. The first-order valence-electron chi connectivity index (χ1n) is 7.31. The zero-order valence-electron chi connectivity index (χ0n) is 13.1. The fourth-order valence-corrected chi connectivity index (χ4v) is 2.73. The average molecular weight is 286 g/mol. The molecule has 0 bridgehead atoms. The number of esters is 1. The second-order valence-electron chi connectivity index (χ2n) is 6.53. The highest BCUT2D eigenvalue weighted by atomic mass is 16.6. The molecule has 0 saturated carbocycles. The Labute approximate surface area is 126 Å². The van der Waals surface area contributed by atoms with Gasteiger partial charge in [0, 0.05) is 5.57 Å². The van der Waals surface area contributed by atoms with Crippen molar-refractivity contribution in [1.29, 1.82) is 0 Å². The van der Waals surface area contributed by atoms with Crippen LogP contribution in [0.5, 0.6) is 0 Å². The molecular formula is C18H22O3. The van der Waals surface area contributed by atoms with Gasteiger partial charge in [0.15, 0.2) is 0 Å². The molecule has 0 radical (unpaired) electrons. The molecule has 0 fully saturated rings. The van der Waals surface area contributed by atoms with Crippen LogP contribution >= 0.6 is 0 Å². The van der Waals surface area contributed by atoms with Crippen LogP contribution in [0.4, 0.5) is 0 Å². The highest BCUT2D eigenvalue weighted by Crippen LogP contribution is 2.37. The third kappa shape index (κ3) is 3.41. The number of rotatable bonds is 2. The Morgan fingerprint density at radius 2 is 1.95 bits per heavy atom. The van der Waals surface area contributed by atoms with Crippen molar-refractivity contribution in [2.45, 2.75) is 45.6 Å². The highest BCUT2D eigenvalue weighted by molar-refractivity contribution is 6.08. The largest absolute Gasteiger partial charge is 0.460 e. The second kappa shape index (κ2) is 5.84. The molecule has 0 aromatic heterocycles. The Bertz CT molecular complexity index is 578. The summed E-state index contributed by atoms with van der Waals surface area (Å²) in [7, 11) is 0. The van der Waals surface area contributed by atoms with Gasteiger partial charge in [-0.05, 0) is 44.2 Å². The molecule has 0 amide bonds. The number of benzene rings is 1. The predicted octanol–water partition coefficient (Wildman–Crippen LogP) is 3.73. The quantitative estimate of drug-likeness (QED) is 0.614. The molecule has 2 unspecified atom stereocenters. The molecule has 0 saturated heterocycles. The van der Waals surface area contributed by atoms with Crippen molar-refractivity contribution in [3.05, 3.63) is 41.5 Å². The Balaban J connectivity index is 2.38. The normalized spacial score (nSPS) is 21.8. The summed E-state index contributed by atoms with van der Waals surface area (Å²) in [6.07, 6.45) is 3.24. The molecule has 1 aromatic carbocycles. The summed E-state index contributed by atoms with van der Waals surface area (Å²) >= 11 is 0. The zero-order chi connectivity index (χ0) is 15.6. The van der Waals surface area contributed by atoms with E-state index in [1.165, 1.54) is 0 Å². The van der Waals surface area contributed by atoms with Gasteiger partial charge < -0.3 is 4.74 Å². The summed E-state index contributed by atoms with van der Waals surface area (Å²) < 4.78 is 5.53. The number of aldehydes is 1. The summed E-state index contributed by atoms with van der Waals surface area (Å²) in [5.41, 5.74) is 2.11. The maximum atomic E-state index is 12.4. The van der Waals surface area contributed by atoms with E-state index in [1.54, 1.807) is 0 Å². The summed E-state index contributed by atoms with van der Waals surface area (Å²) in [5.74, 6) is -0.444. The summed E-state index contributed by atoms with van der Waals surface area (Å²) in [4.78, 5) is 23.7. The molecule has 0 heterocycles. The number of hydrogen-bond donors (Lipinski definition) is 0. The predicted molar refractivity (Wildman–Crippen MR) is 82.9 cm³/mol. The molecule has 3 nitrogen and oxygen atoms in total. The number of carbonyl (C=O) groups is 2. The van der Waals surface area contributed by atoms with Crippen molar-refractivity contribution in [3.63, 3.8) is 0 Å². The van der Waals surface area contributed by atoms with Gasteiger partial charge in [-0.1, -0.05) is 37.3 Å². The fraction of sp³-hybridized carbons (Fsp3) is 0.444. The van der Waals surface area contributed by atoms with Crippen LogP contribution in [0.1, 0.15) is 51.2 Å². The minimum atomic E-state index is -0.500. The van der Waals surface area contributed by atoms with Gasteiger partial charge in [-0.15, -0.1) is 0 Å². The van der Waals surface area contributed by atoms with Crippen molar-refractivity contribution < 1.29 is 14.3 Å². The zero-order valence-corrected chi connectivity index (χ0v) is 13.1. The lowest BCUT2D eigenvalue weighted by Crippen LogP contribution is -2.30. The Morgan fingerprint density at radius 1 is 1.29 bits per heavy atom. The maximum absolute atomic E-state index is 12.4. The van der Waals surface area contributed by atoms with Gasteiger partial charge >= 0.3 is 5.97 Å². The van der Waals surface area contributed by atoms with Gasteiger partial charge in [0.05, 0.1) is 5.92 Å². The summed E-state index contributed by atoms with van der Waals surface area (Å²) in [6, 6.07) is 7.77. The first kappa shape index (κ1) is 15.5. The average Bonchev–Trinajstić information content (AvgIpc) is 2.54. The molecule has 21 heavy (non-hydrogen) atoms. The standard InChI is InChI=1S/C18H22O3/c1-12-14-7-5-6-8-16(14)13(11-19)9-10-15(12)17(20)21-18(2,3)4/h5-9,11-12,15H,10H2,1-4H3. The number of fused-ring (bicyclic) bond motifs is 1. The van der Waals surface area contributed by atoms with Crippen LogP contribution in [-0.2, 0) is 14.3 Å². The van der Waals surface area contributed by atoms with E-state index in [0.29, 0.717) is 12.0 Å². The Hall–Kier alpha value is -1.90. The van der Waals surface area contributed by atoms with E-state index >= 15 is 0 Å². The van der Waals surface area contributed by atoms with Crippen molar-refractivity contribution in [2.24, 2.45) is 5.92 Å². The van der Waals surface area contributed by atoms with Crippen LogP contribution in [0.15, 0.2) is 30.3 Å². The van der Waals surface area contributed by atoms with E-state index in [9.17, 15) is 9.59 Å². The lowest BCUT2D eigenvalue weighted by atomic mass is 9.85. The van der Waals surface area contributed by atoms with Gasteiger partial charge in [0.2, 0.25) is 0 Å². The van der Waals surface area contributed by atoms with E-state index in [2.05, 4.69) is 0 Å². The molecule has 0 N–H and O–H groups in total. The third-order valence-corrected chi connectivity index (χ3v) is 3.79. The monoisotopic (exact) mass is 286 g/mol. The third-order valence-electron chi connectivity index (χ3n) is 3.79. The van der Waals surface area contributed by atoms with Crippen LogP contribution in [0, 0.1) is 5.92 Å². The minimum Gasteiger partial charge on any atom is -0.460 e. The van der Waals surface area contributed by atoms with Gasteiger partial charge in [0.25, 0.3) is 0 Å².